The third kappa shape index (κ3) is 7.43. The van der Waals surface area contributed by atoms with Gasteiger partial charge >= 0.3 is 0 Å². The molecule has 2 amide bonds. The SMILES string of the molecule is COc1ccccc1CCC(=O)NC[C@@H](Cc1c[nH]c2ccccc12)NC(=O)COc1ccc(Cl)c(Cl)c1. The van der Waals surface area contributed by atoms with E-state index in [9.17, 15) is 9.59 Å². The number of nitrogens with one attached hydrogen (secondary N) is 3. The van der Waals surface area contributed by atoms with Crippen LogP contribution >= 0.6 is 23.2 Å². The minimum Gasteiger partial charge on any atom is -0.496 e. The van der Waals surface area contributed by atoms with E-state index in [0.717, 1.165) is 27.8 Å². The first-order valence-corrected chi connectivity index (χ1v) is 13.0. The number of aromatic amines is 1. The molecule has 0 saturated heterocycles. The number of halogens is 2. The zero-order valence-electron chi connectivity index (χ0n) is 20.9. The Morgan fingerprint density at radius 3 is 2.55 bits per heavy atom. The summed E-state index contributed by atoms with van der Waals surface area (Å²) >= 11 is 12.0. The lowest BCUT2D eigenvalue weighted by molar-refractivity contribution is -0.125. The molecule has 38 heavy (non-hydrogen) atoms. The van der Waals surface area contributed by atoms with Crippen molar-refractivity contribution < 1.29 is 19.1 Å². The van der Waals surface area contributed by atoms with Crippen molar-refractivity contribution in [3.8, 4) is 11.5 Å². The van der Waals surface area contributed by atoms with Gasteiger partial charge in [-0.25, -0.2) is 0 Å². The van der Waals surface area contributed by atoms with E-state index < -0.39 is 0 Å². The maximum Gasteiger partial charge on any atom is 0.258 e. The average molecular weight is 554 g/mol. The van der Waals surface area contributed by atoms with Gasteiger partial charge in [0, 0.05) is 36.1 Å². The van der Waals surface area contributed by atoms with Crippen molar-refractivity contribution >= 4 is 45.9 Å². The van der Waals surface area contributed by atoms with E-state index in [0.29, 0.717) is 35.1 Å². The second-order valence-electron chi connectivity index (χ2n) is 8.81. The Morgan fingerprint density at radius 2 is 1.74 bits per heavy atom. The summed E-state index contributed by atoms with van der Waals surface area (Å²) in [5.74, 6) is 0.768. The van der Waals surface area contributed by atoms with Gasteiger partial charge in [-0.2, -0.15) is 0 Å². The molecule has 198 valence electrons. The molecule has 0 saturated carbocycles. The molecule has 0 radical (unpaired) electrons. The topological polar surface area (TPSA) is 92.5 Å². The fraction of sp³-hybridized carbons (Fsp3) is 0.241. The number of hydrogen-bond donors (Lipinski definition) is 3. The van der Waals surface area contributed by atoms with Crippen LogP contribution in [0.5, 0.6) is 11.5 Å². The Morgan fingerprint density at radius 1 is 0.947 bits per heavy atom. The maximum atomic E-state index is 12.8. The van der Waals surface area contributed by atoms with Gasteiger partial charge in [0.05, 0.1) is 23.2 Å². The summed E-state index contributed by atoms with van der Waals surface area (Å²) < 4.78 is 11.0. The first-order valence-electron chi connectivity index (χ1n) is 12.2. The van der Waals surface area contributed by atoms with Crippen LogP contribution in [0.3, 0.4) is 0 Å². The van der Waals surface area contributed by atoms with Crippen molar-refractivity contribution in [1.29, 1.82) is 0 Å². The number of aromatic nitrogens is 1. The first-order chi connectivity index (χ1) is 18.4. The fourth-order valence-corrected chi connectivity index (χ4v) is 4.50. The van der Waals surface area contributed by atoms with Crippen LogP contribution in [0.15, 0.2) is 72.9 Å². The quantitative estimate of drug-likeness (QED) is 0.221. The van der Waals surface area contributed by atoms with Crippen molar-refractivity contribution in [3.05, 3.63) is 94.1 Å². The van der Waals surface area contributed by atoms with Gasteiger partial charge in [-0.05, 0) is 48.2 Å². The number of para-hydroxylation sites is 2. The number of ether oxygens (including phenoxy) is 2. The summed E-state index contributed by atoms with van der Waals surface area (Å²) in [6, 6.07) is 20.1. The van der Waals surface area contributed by atoms with Crippen molar-refractivity contribution in [2.75, 3.05) is 20.3 Å². The summed E-state index contributed by atoms with van der Waals surface area (Å²) in [5, 5.41) is 7.78. The van der Waals surface area contributed by atoms with Crippen LogP contribution in [0.1, 0.15) is 17.5 Å². The molecule has 1 aromatic heterocycles. The highest BCUT2D eigenvalue weighted by Gasteiger charge is 2.17. The molecule has 0 spiro atoms. The van der Waals surface area contributed by atoms with Crippen LogP contribution in [0.2, 0.25) is 10.0 Å². The van der Waals surface area contributed by atoms with E-state index in [4.69, 9.17) is 32.7 Å². The van der Waals surface area contributed by atoms with Gasteiger partial charge in [-0.15, -0.1) is 0 Å². The van der Waals surface area contributed by atoms with E-state index in [1.165, 1.54) is 0 Å². The second kappa shape index (κ2) is 13.2. The number of carbonyl (C=O) groups is 2. The largest absolute Gasteiger partial charge is 0.496 e. The van der Waals surface area contributed by atoms with Gasteiger partial charge in [0.1, 0.15) is 11.5 Å². The molecule has 0 aliphatic carbocycles. The highest BCUT2D eigenvalue weighted by Crippen LogP contribution is 2.26. The van der Waals surface area contributed by atoms with Gasteiger partial charge < -0.3 is 25.1 Å². The normalized spacial score (nSPS) is 11.7. The molecule has 4 aromatic rings. The molecule has 7 nitrogen and oxygen atoms in total. The molecule has 4 rings (SSSR count). The molecular formula is C29H29Cl2N3O4. The number of methoxy groups -OCH3 is 1. The zero-order chi connectivity index (χ0) is 26.9. The van der Waals surface area contributed by atoms with E-state index in [2.05, 4.69) is 15.6 Å². The summed E-state index contributed by atoms with van der Waals surface area (Å²) in [5.41, 5.74) is 3.02. The van der Waals surface area contributed by atoms with Gasteiger partial charge in [0.15, 0.2) is 6.61 Å². The number of benzene rings is 3. The summed E-state index contributed by atoms with van der Waals surface area (Å²) in [7, 11) is 1.61. The molecule has 0 aliphatic heterocycles. The summed E-state index contributed by atoms with van der Waals surface area (Å²) in [6.45, 7) is 0.0624. The van der Waals surface area contributed by atoms with Crippen LogP contribution in [-0.2, 0) is 22.4 Å². The molecule has 3 aromatic carbocycles. The minimum atomic E-state index is -0.352. The number of H-pyrrole nitrogens is 1. The van der Waals surface area contributed by atoms with E-state index >= 15 is 0 Å². The van der Waals surface area contributed by atoms with Gasteiger partial charge in [-0.3, -0.25) is 9.59 Å². The van der Waals surface area contributed by atoms with E-state index in [-0.39, 0.29) is 31.0 Å². The maximum absolute atomic E-state index is 12.8. The molecular weight excluding hydrogens is 525 g/mol. The van der Waals surface area contributed by atoms with Crippen LogP contribution in [0.4, 0.5) is 0 Å². The second-order valence-corrected chi connectivity index (χ2v) is 9.62. The monoisotopic (exact) mass is 553 g/mol. The van der Waals surface area contributed by atoms with Crippen molar-refractivity contribution in [2.24, 2.45) is 0 Å². The van der Waals surface area contributed by atoms with Gasteiger partial charge in [-0.1, -0.05) is 59.6 Å². The number of rotatable bonds is 12. The Balaban J connectivity index is 1.37. The summed E-state index contributed by atoms with van der Waals surface area (Å²) in [4.78, 5) is 28.7. The van der Waals surface area contributed by atoms with Gasteiger partial charge in [0.25, 0.3) is 5.91 Å². The number of amides is 2. The standard InChI is InChI=1S/C29H29Cl2N3O4/c1-37-27-9-5-2-6-19(27)10-13-28(35)33-17-21(14-20-16-32-26-8-4-3-7-23(20)26)34-29(36)18-38-22-11-12-24(30)25(31)15-22/h2-9,11-12,15-16,21,32H,10,13-14,17-18H2,1H3,(H,33,35)(H,34,36)/t21-/m1/s1. The minimum absolute atomic E-state index is 0.110. The average Bonchev–Trinajstić information content (AvgIpc) is 3.34. The van der Waals surface area contributed by atoms with Crippen molar-refractivity contribution in [2.45, 2.75) is 25.3 Å². The Bertz CT molecular complexity index is 1410. The highest BCUT2D eigenvalue weighted by molar-refractivity contribution is 6.42. The number of aryl methyl sites for hydroxylation is 1. The molecule has 3 N–H and O–H groups in total. The Kier molecular flexibility index (Phi) is 9.51. The molecule has 0 fully saturated rings. The predicted octanol–water partition coefficient (Wildman–Crippen LogP) is 5.34. The lowest BCUT2D eigenvalue weighted by Crippen LogP contribution is -2.46. The predicted molar refractivity (Wildman–Crippen MR) is 150 cm³/mol. The number of fused-ring (bicyclic) bond motifs is 1. The lowest BCUT2D eigenvalue weighted by atomic mass is 10.0. The third-order valence-corrected chi connectivity index (χ3v) is 6.87. The Labute approximate surface area is 231 Å². The highest BCUT2D eigenvalue weighted by atomic mass is 35.5. The number of carbonyl (C=O) groups excluding carboxylic acids is 2. The molecule has 0 aliphatic rings. The third-order valence-electron chi connectivity index (χ3n) is 6.13. The van der Waals surface area contributed by atoms with Crippen LogP contribution < -0.4 is 20.1 Å². The number of hydrogen-bond acceptors (Lipinski definition) is 4. The molecule has 1 heterocycles. The molecule has 1 atom stereocenters. The van der Waals surface area contributed by atoms with E-state index in [1.807, 2.05) is 54.7 Å². The van der Waals surface area contributed by atoms with Gasteiger partial charge in [0.2, 0.25) is 5.91 Å². The fourth-order valence-electron chi connectivity index (χ4n) is 4.21. The Hall–Kier alpha value is -3.68. The zero-order valence-corrected chi connectivity index (χ0v) is 22.4. The molecule has 9 heteroatoms. The van der Waals surface area contributed by atoms with Crippen LogP contribution in [-0.4, -0.2) is 43.1 Å². The van der Waals surface area contributed by atoms with Crippen LogP contribution in [0.25, 0.3) is 10.9 Å². The van der Waals surface area contributed by atoms with E-state index in [1.54, 1.807) is 25.3 Å². The summed E-state index contributed by atoms with van der Waals surface area (Å²) in [6.07, 6.45) is 3.30. The first kappa shape index (κ1) is 27.4. The molecule has 0 bridgehead atoms. The van der Waals surface area contributed by atoms with Crippen molar-refractivity contribution in [1.82, 2.24) is 15.6 Å². The van der Waals surface area contributed by atoms with Crippen LogP contribution in [0, 0.1) is 0 Å². The molecule has 0 unspecified atom stereocenters. The van der Waals surface area contributed by atoms with Crippen molar-refractivity contribution in [3.63, 3.8) is 0 Å². The smallest absolute Gasteiger partial charge is 0.258 e. The lowest BCUT2D eigenvalue weighted by Gasteiger charge is -2.20.